The first-order chi connectivity index (χ1) is 12.5. The molecular formula is C19H26N2O4S. The molecule has 0 aromatic heterocycles. The SMILES string of the molecule is O=C(O)c1cc(S(=O)(=O)NCCC2=CCCCC2)ccc1N1CCCC1. The van der Waals surface area contributed by atoms with Gasteiger partial charge in [0.05, 0.1) is 16.1 Å². The van der Waals surface area contributed by atoms with E-state index in [-0.39, 0.29) is 10.5 Å². The van der Waals surface area contributed by atoms with Crippen molar-refractivity contribution in [2.75, 3.05) is 24.5 Å². The number of sulfonamides is 1. The van der Waals surface area contributed by atoms with Crippen LogP contribution in [0.5, 0.6) is 0 Å². The molecule has 7 heteroatoms. The summed E-state index contributed by atoms with van der Waals surface area (Å²) in [6, 6.07) is 4.40. The Hall–Kier alpha value is -1.86. The smallest absolute Gasteiger partial charge is 0.337 e. The first-order valence-electron chi connectivity index (χ1n) is 9.27. The number of nitrogens with one attached hydrogen (secondary N) is 1. The quantitative estimate of drug-likeness (QED) is 0.712. The number of carbonyl (C=O) groups is 1. The van der Waals surface area contributed by atoms with Crippen molar-refractivity contribution < 1.29 is 18.3 Å². The fraction of sp³-hybridized carbons (Fsp3) is 0.526. The van der Waals surface area contributed by atoms with Gasteiger partial charge in [0.2, 0.25) is 10.0 Å². The minimum Gasteiger partial charge on any atom is -0.478 e. The summed E-state index contributed by atoms with van der Waals surface area (Å²) >= 11 is 0. The van der Waals surface area contributed by atoms with E-state index in [1.807, 2.05) is 4.90 Å². The van der Waals surface area contributed by atoms with Crippen LogP contribution in [0.1, 0.15) is 55.3 Å². The molecule has 1 aromatic carbocycles. The highest BCUT2D eigenvalue weighted by atomic mass is 32.2. The Morgan fingerprint density at radius 2 is 1.92 bits per heavy atom. The molecule has 1 fully saturated rings. The number of aromatic carboxylic acids is 1. The van der Waals surface area contributed by atoms with Crippen LogP contribution >= 0.6 is 0 Å². The van der Waals surface area contributed by atoms with Gasteiger partial charge in [-0.3, -0.25) is 0 Å². The number of carboxylic acid groups (broad SMARTS) is 1. The van der Waals surface area contributed by atoms with Crippen LogP contribution in [0.25, 0.3) is 0 Å². The third kappa shape index (κ3) is 4.45. The van der Waals surface area contributed by atoms with E-state index in [2.05, 4.69) is 10.8 Å². The highest BCUT2D eigenvalue weighted by Gasteiger charge is 2.23. The van der Waals surface area contributed by atoms with E-state index >= 15 is 0 Å². The van der Waals surface area contributed by atoms with E-state index in [0.29, 0.717) is 18.7 Å². The maximum atomic E-state index is 12.5. The monoisotopic (exact) mass is 378 g/mol. The van der Waals surface area contributed by atoms with Crippen molar-refractivity contribution in [3.05, 3.63) is 35.4 Å². The molecule has 3 rings (SSSR count). The summed E-state index contributed by atoms with van der Waals surface area (Å²) in [5.74, 6) is -1.10. The Morgan fingerprint density at radius 1 is 1.15 bits per heavy atom. The van der Waals surface area contributed by atoms with Crippen LogP contribution in [0.15, 0.2) is 34.7 Å². The molecule has 1 aromatic rings. The van der Waals surface area contributed by atoms with Gasteiger partial charge in [-0.25, -0.2) is 17.9 Å². The molecule has 0 atom stereocenters. The van der Waals surface area contributed by atoms with Crippen molar-refractivity contribution in [1.82, 2.24) is 4.72 Å². The first-order valence-corrected chi connectivity index (χ1v) is 10.8. The molecule has 1 heterocycles. The van der Waals surface area contributed by atoms with E-state index in [0.717, 1.165) is 38.8 Å². The molecule has 1 aliphatic carbocycles. The zero-order valence-electron chi connectivity index (χ0n) is 14.9. The van der Waals surface area contributed by atoms with Gasteiger partial charge in [-0.2, -0.15) is 0 Å². The lowest BCUT2D eigenvalue weighted by Crippen LogP contribution is -2.26. The lowest BCUT2D eigenvalue weighted by molar-refractivity contribution is 0.0697. The van der Waals surface area contributed by atoms with Gasteiger partial charge in [0, 0.05) is 19.6 Å². The molecule has 0 saturated carbocycles. The largest absolute Gasteiger partial charge is 0.478 e. The fourth-order valence-corrected chi connectivity index (χ4v) is 4.71. The maximum absolute atomic E-state index is 12.5. The van der Waals surface area contributed by atoms with Crippen LogP contribution < -0.4 is 9.62 Å². The van der Waals surface area contributed by atoms with Crippen molar-refractivity contribution in [3.8, 4) is 0 Å². The van der Waals surface area contributed by atoms with Crippen molar-refractivity contribution >= 4 is 21.7 Å². The van der Waals surface area contributed by atoms with Crippen molar-refractivity contribution in [2.45, 2.75) is 49.8 Å². The zero-order valence-corrected chi connectivity index (χ0v) is 15.7. The highest BCUT2D eigenvalue weighted by Crippen LogP contribution is 2.27. The zero-order chi connectivity index (χ0) is 18.6. The van der Waals surface area contributed by atoms with E-state index in [1.165, 1.54) is 30.5 Å². The van der Waals surface area contributed by atoms with E-state index in [4.69, 9.17) is 0 Å². The maximum Gasteiger partial charge on any atom is 0.337 e. The number of hydrogen-bond acceptors (Lipinski definition) is 4. The molecule has 2 N–H and O–H groups in total. The molecule has 26 heavy (non-hydrogen) atoms. The van der Waals surface area contributed by atoms with Crippen molar-refractivity contribution in [3.63, 3.8) is 0 Å². The van der Waals surface area contributed by atoms with Crippen LogP contribution in [0.4, 0.5) is 5.69 Å². The Bertz CT molecular complexity index is 796. The summed E-state index contributed by atoms with van der Waals surface area (Å²) in [5, 5.41) is 9.51. The van der Waals surface area contributed by atoms with Gasteiger partial charge in [0.15, 0.2) is 0 Å². The number of nitrogens with zero attached hydrogens (tertiary/aromatic N) is 1. The second-order valence-corrected chi connectivity index (χ2v) is 8.70. The molecule has 0 radical (unpaired) electrons. The third-order valence-corrected chi connectivity index (χ3v) is 6.54. The van der Waals surface area contributed by atoms with E-state index in [1.54, 1.807) is 6.07 Å². The second kappa shape index (κ2) is 8.22. The molecule has 142 valence electrons. The molecule has 0 bridgehead atoms. The second-order valence-electron chi connectivity index (χ2n) is 6.93. The standard InChI is InChI=1S/C19H26N2O4S/c22-19(23)17-14-16(8-9-18(17)21-12-4-5-13-21)26(24,25)20-11-10-15-6-2-1-3-7-15/h6,8-9,14,20H,1-5,7,10-13H2,(H,22,23). The summed E-state index contributed by atoms with van der Waals surface area (Å²) in [5.41, 5.74) is 1.95. The van der Waals surface area contributed by atoms with Gasteiger partial charge in [0.1, 0.15) is 0 Å². The number of hydrogen-bond donors (Lipinski definition) is 2. The van der Waals surface area contributed by atoms with Crippen LogP contribution in [0, 0.1) is 0 Å². The number of carboxylic acids is 1. The molecule has 1 saturated heterocycles. The van der Waals surface area contributed by atoms with Crippen LogP contribution in [-0.2, 0) is 10.0 Å². The van der Waals surface area contributed by atoms with Gasteiger partial charge in [-0.1, -0.05) is 11.6 Å². The molecule has 0 unspecified atom stereocenters. The molecule has 0 amide bonds. The number of anilines is 1. The molecular weight excluding hydrogens is 352 g/mol. The predicted octanol–water partition coefficient (Wildman–Crippen LogP) is 3.15. The van der Waals surface area contributed by atoms with Crippen molar-refractivity contribution in [1.29, 1.82) is 0 Å². The van der Waals surface area contributed by atoms with Crippen LogP contribution in [-0.4, -0.2) is 39.1 Å². The normalized spacial score (nSPS) is 18.0. The highest BCUT2D eigenvalue weighted by molar-refractivity contribution is 7.89. The minimum absolute atomic E-state index is 0.00970. The summed E-state index contributed by atoms with van der Waals surface area (Å²) < 4.78 is 27.7. The van der Waals surface area contributed by atoms with Gasteiger partial charge in [0.25, 0.3) is 0 Å². The molecule has 1 aliphatic heterocycles. The Kier molecular flexibility index (Phi) is 5.98. The average Bonchev–Trinajstić information content (AvgIpc) is 3.16. The number of benzene rings is 1. The van der Waals surface area contributed by atoms with E-state index in [9.17, 15) is 18.3 Å². The number of rotatable bonds is 7. The summed E-state index contributed by atoms with van der Waals surface area (Å²) in [6.45, 7) is 1.95. The molecule has 0 spiro atoms. The van der Waals surface area contributed by atoms with Crippen LogP contribution in [0.2, 0.25) is 0 Å². The third-order valence-electron chi connectivity index (χ3n) is 5.08. The minimum atomic E-state index is -3.72. The Morgan fingerprint density at radius 3 is 2.58 bits per heavy atom. The summed E-state index contributed by atoms with van der Waals surface area (Å²) in [7, 11) is -3.72. The van der Waals surface area contributed by atoms with Gasteiger partial charge in [-0.05, 0) is 63.1 Å². The van der Waals surface area contributed by atoms with Crippen molar-refractivity contribution in [2.24, 2.45) is 0 Å². The predicted molar refractivity (Wildman–Crippen MR) is 101 cm³/mol. The first kappa shape index (κ1) is 18.9. The van der Waals surface area contributed by atoms with Crippen LogP contribution in [0.3, 0.4) is 0 Å². The van der Waals surface area contributed by atoms with E-state index < -0.39 is 16.0 Å². The fourth-order valence-electron chi connectivity index (χ4n) is 3.65. The molecule has 2 aliphatic rings. The lowest BCUT2D eigenvalue weighted by atomic mass is 9.97. The molecule has 6 nitrogen and oxygen atoms in total. The van der Waals surface area contributed by atoms with Gasteiger partial charge >= 0.3 is 5.97 Å². The average molecular weight is 378 g/mol. The topological polar surface area (TPSA) is 86.7 Å². The lowest BCUT2D eigenvalue weighted by Gasteiger charge is -2.20. The van der Waals surface area contributed by atoms with Gasteiger partial charge < -0.3 is 10.0 Å². The Balaban J connectivity index is 1.73. The van der Waals surface area contributed by atoms with Gasteiger partial charge in [-0.15, -0.1) is 0 Å². The number of allylic oxidation sites excluding steroid dienone is 1. The Labute approximate surface area is 155 Å². The summed E-state index contributed by atoms with van der Waals surface area (Å²) in [6.07, 6.45) is 9.43. The summed E-state index contributed by atoms with van der Waals surface area (Å²) in [4.78, 5) is 13.6.